The number of nitrogens with zero attached hydrogens (tertiary/aromatic N) is 3. The summed E-state index contributed by atoms with van der Waals surface area (Å²) in [6.07, 6.45) is 4.13. The van der Waals surface area contributed by atoms with Gasteiger partial charge in [0.1, 0.15) is 12.0 Å². The lowest BCUT2D eigenvalue weighted by Crippen LogP contribution is -2.09. The second kappa shape index (κ2) is 3.25. The van der Waals surface area contributed by atoms with Gasteiger partial charge in [0, 0.05) is 0 Å². The number of amidine groups is 1. The predicted octanol–water partition coefficient (Wildman–Crippen LogP) is 1.34. The molecule has 0 saturated heterocycles. The second-order valence-corrected chi connectivity index (χ2v) is 2.50. The van der Waals surface area contributed by atoms with Crippen LogP contribution in [0.3, 0.4) is 0 Å². The highest BCUT2D eigenvalue weighted by Crippen LogP contribution is 2.12. The average Bonchev–Trinajstić information content (AvgIpc) is 2.75. The van der Waals surface area contributed by atoms with E-state index in [-0.39, 0.29) is 11.7 Å². The van der Waals surface area contributed by atoms with Crippen molar-refractivity contribution in [2.75, 3.05) is 0 Å². The van der Waals surface area contributed by atoms with Gasteiger partial charge in [-0.1, -0.05) is 0 Å². The zero-order valence-electron chi connectivity index (χ0n) is 6.95. The minimum atomic E-state index is -0.591. The first-order valence-corrected chi connectivity index (χ1v) is 3.78. The van der Waals surface area contributed by atoms with E-state index in [1.165, 1.54) is 12.3 Å². The van der Waals surface area contributed by atoms with Gasteiger partial charge in [-0.05, 0) is 22.0 Å². The van der Waals surface area contributed by atoms with Gasteiger partial charge in [-0.25, -0.2) is 4.99 Å². The molecule has 0 amide bonds. The molecule has 0 aromatic carbocycles. The SMILES string of the molecule is O=[N+]([O-])C1=NC(=Cc2ccco2)N=C1. The van der Waals surface area contributed by atoms with Crippen LogP contribution in [-0.2, 0) is 0 Å². The van der Waals surface area contributed by atoms with E-state index in [9.17, 15) is 10.1 Å². The van der Waals surface area contributed by atoms with E-state index in [1.807, 2.05) is 0 Å². The smallest absolute Gasteiger partial charge is 0.384 e. The Kier molecular flexibility index (Phi) is 1.94. The van der Waals surface area contributed by atoms with Crippen molar-refractivity contribution in [2.45, 2.75) is 0 Å². The van der Waals surface area contributed by atoms with Crippen molar-refractivity contribution in [3.05, 3.63) is 40.1 Å². The summed E-state index contributed by atoms with van der Waals surface area (Å²) in [7, 11) is 0. The Hall–Kier alpha value is -2.24. The molecule has 0 unspecified atom stereocenters. The summed E-state index contributed by atoms with van der Waals surface area (Å²) in [4.78, 5) is 17.1. The maximum atomic E-state index is 10.3. The molecule has 1 aromatic rings. The fourth-order valence-corrected chi connectivity index (χ4v) is 0.957. The Balaban J connectivity index is 2.25. The molecule has 0 bridgehead atoms. The summed E-state index contributed by atoms with van der Waals surface area (Å²) in [5, 5.41) is 10.3. The highest BCUT2D eigenvalue weighted by Gasteiger charge is 2.18. The largest absolute Gasteiger partial charge is 0.465 e. The van der Waals surface area contributed by atoms with E-state index in [1.54, 1.807) is 12.1 Å². The van der Waals surface area contributed by atoms with E-state index in [0.29, 0.717) is 5.76 Å². The molecule has 1 aliphatic rings. The van der Waals surface area contributed by atoms with E-state index >= 15 is 0 Å². The van der Waals surface area contributed by atoms with Gasteiger partial charge in [0.15, 0.2) is 0 Å². The van der Waals surface area contributed by atoms with Gasteiger partial charge >= 0.3 is 5.84 Å². The molecular formula is C8H5N3O3. The zero-order valence-corrected chi connectivity index (χ0v) is 6.95. The maximum Gasteiger partial charge on any atom is 0.384 e. The van der Waals surface area contributed by atoms with Crippen molar-refractivity contribution in [1.29, 1.82) is 0 Å². The van der Waals surface area contributed by atoms with Crippen LogP contribution < -0.4 is 0 Å². The number of hydrogen-bond donors (Lipinski definition) is 0. The molecule has 0 spiro atoms. The first-order chi connectivity index (χ1) is 6.75. The summed E-state index contributed by atoms with van der Waals surface area (Å²) in [5.41, 5.74) is 0. The summed E-state index contributed by atoms with van der Waals surface area (Å²) in [6, 6.07) is 3.42. The number of nitro groups is 1. The van der Waals surface area contributed by atoms with Crippen molar-refractivity contribution in [1.82, 2.24) is 0 Å². The van der Waals surface area contributed by atoms with E-state index < -0.39 is 4.92 Å². The molecule has 6 heteroatoms. The minimum absolute atomic E-state index is 0.261. The van der Waals surface area contributed by atoms with Crippen LogP contribution in [-0.4, -0.2) is 17.0 Å². The summed E-state index contributed by atoms with van der Waals surface area (Å²) in [6.45, 7) is 0. The van der Waals surface area contributed by atoms with Crippen LogP contribution in [0.15, 0.2) is 38.6 Å². The van der Waals surface area contributed by atoms with E-state index in [2.05, 4.69) is 9.98 Å². The molecule has 0 radical (unpaired) electrons. The molecule has 2 heterocycles. The Labute approximate surface area is 78.4 Å². The topological polar surface area (TPSA) is 81.0 Å². The maximum absolute atomic E-state index is 10.3. The first-order valence-electron chi connectivity index (χ1n) is 3.78. The summed E-state index contributed by atoms with van der Waals surface area (Å²) in [5.74, 6) is 0.569. The molecule has 0 atom stereocenters. The van der Waals surface area contributed by atoms with Gasteiger partial charge in [-0.3, -0.25) is 0 Å². The van der Waals surface area contributed by atoms with Gasteiger partial charge in [0.25, 0.3) is 5.82 Å². The second-order valence-electron chi connectivity index (χ2n) is 2.50. The fourth-order valence-electron chi connectivity index (χ4n) is 0.957. The lowest BCUT2D eigenvalue weighted by atomic mass is 10.4. The van der Waals surface area contributed by atoms with Crippen LogP contribution in [0.5, 0.6) is 0 Å². The molecule has 2 rings (SSSR count). The van der Waals surface area contributed by atoms with Crippen molar-refractivity contribution in [3.63, 3.8) is 0 Å². The van der Waals surface area contributed by atoms with Gasteiger partial charge < -0.3 is 14.5 Å². The van der Waals surface area contributed by atoms with Crippen LogP contribution in [0, 0.1) is 10.1 Å². The van der Waals surface area contributed by atoms with Gasteiger partial charge in [0.05, 0.1) is 12.3 Å². The highest BCUT2D eigenvalue weighted by atomic mass is 16.6. The third-order valence-corrected chi connectivity index (χ3v) is 1.54. The summed E-state index contributed by atoms with van der Waals surface area (Å²) >= 11 is 0. The number of hydrogen-bond acceptors (Lipinski definition) is 5. The van der Waals surface area contributed by atoms with E-state index in [0.717, 1.165) is 6.21 Å². The Morgan fingerprint density at radius 3 is 3.00 bits per heavy atom. The number of furan rings is 1. The Morgan fingerprint density at radius 1 is 1.57 bits per heavy atom. The van der Waals surface area contributed by atoms with Crippen LogP contribution in [0.25, 0.3) is 6.08 Å². The zero-order chi connectivity index (χ0) is 9.97. The van der Waals surface area contributed by atoms with Crippen molar-refractivity contribution >= 4 is 18.1 Å². The third-order valence-electron chi connectivity index (χ3n) is 1.54. The third kappa shape index (κ3) is 1.58. The monoisotopic (exact) mass is 191 g/mol. The van der Waals surface area contributed by atoms with Gasteiger partial charge in [0.2, 0.25) is 0 Å². The average molecular weight is 191 g/mol. The van der Waals surface area contributed by atoms with Crippen LogP contribution in [0.2, 0.25) is 0 Å². The fraction of sp³-hybridized carbons (Fsp3) is 0. The Bertz CT molecular complexity index is 442. The van der Waals surface area contributed by atoms with Crippen molar-refractivity contribution in [3.8, 4) is 0 Å². The highest BCUT2D eigenvalue weighted by molar-refractivity contribution is 6.27. The van der Waals surface area contributed by atoms with Crippen molar-refractivity contribution in [2.24, 2.45) is 9.98 Å². The van der Waals surface area contributed by atoms with Crippen LogP contribution >= 0.6 is 0 Å². The molecule has 1 aromatic heterocycles. The molecule has 14 heavy (non-hydrogen) atoms. The van der Waals surface area contributed by atoms with Crippen molar-refractivity contribution < 1.29 is 9.34 Å². The molecule has 6 nitrogen and oxygen atoms in total. The summed E-state index contributed by atoms with van der Waals surface area (Å²) < 4.78 is 5.00. The van der Waals surface area contributed by atoms with Gasteiger partial charge in [-0.15, -0.1) is 0 Å². The lowest BCUT2D eigenvalue weighted by Gasteiger charge is -1.83. The van der Waals surface area contributed by atoms with Crippen LogP contribution in [0.1, 0.15) is 5.76 Å². The molecule has 70 valence electrons. The molecule has 0 saturated carbocycles. The minimum Gasteiger partial charge on any atom is -0.465 e. The quantitative estimate of drug-likeness (QED) is 0.496. The molecular weight excluding hydrogens is 186 g/mol. The standard InChI is InChI=1S/C8H5N3O3/c12-11(13)8-5-9-7(10-8)4-6-2-1-3-14-6/h1-5H. The van der Waals surface area contributed by atoms with E-state index in [4.69, 9.17) is 4.42 Å². The number of rotatable bonds is 1. The molecule has 0 aliphatic carbocycles. The van der Waals surface area contributed by atoms with Crippen LogP contribution in [0.4, 0.5) is 0 Å². The lowest BCUT2D eigenvalue weighted by molar-refractivity contribution is -0.345. The molecule has 0 N–H and O–H groups in total. The predicted molar refractivity (Wildman–Crippen MR) is 49.6 cm³/mol. The van der Waals surface area contributed by atoms with Gasteiger partial charge in [-0.2, -0.15) is 0 Å². The Morgan fingerprint density at radius 2 is 2.43 bits per heavy atom. The first kappa shape index (κ1) is 8.36. The normalized spacial score (nSPS) is 17.4. The molecule has 0 fully saturated rings. The molecule has 1 aliphatic heterocycles. The number of aliphatic imine (C=N–C) groups is 2.